The van der Waals surface area contributed by atoms with Gasteiger partial charge in [0, 0.05) is 19.3 Å². The fourth-order valence-electron chi connectivity index (χ4n) is 3.85. The molecule has 40 heavy (non-hydrogen) atoms. The molecule has 0 saturated carbocycles. The van der Waals surface area contributed by atoms with Crippen molar-refractivity contribution in [3.8, 4) is 0 Å². The largest absolute Gasteiger partial charge is 0.481 e. The number of nitrogens with one attached hydrogen (secondary N) is 3. The number of hydrogen-bond acceptors (Lipinski definition) is 7. The first kappa shape index (κ1) is 32.3. The van der Waals surface area contributed by atoms with Crippen LogP contribution in [0.2, 0.25) is 0 Å². The van der Waals surface area contributed by atoms with Crippen molar-refractivity contribution in [1.29, 1.82) is 0 Å². The Kier molecular flexibility index (Phi) is 13.7. The van der Waals surface area contributed by atoms with Crippen LogP contribution < -0.4 is 21.7 Å². The van der Waals surface area contributed by atoms with Crippen molar-refractivity contribution >= 4 is 41.4 Å². The van der Waals surface area contributed by atoms with Gasteiger partial charge >= 0.3 is 11.9 Å². The molecule has 0 heterocycles. The van der Waals surface area contributed by atoms with Gasteiger partial charge in [0.2, 0.25) is 17.7 Å². The lowest BCUT2D eigenvalue weighted by molar-refractivity contribution is -0.142. The maximum Gasteiger partial charge on any atom is 0.326 e. The zero-order chi connectivity index (χ0) is 29.5. The normalized spacial score (nSPS) is 13.8. The van der Waals surface area contributed by atoms with Crippen LogP contribution in [-0.4, -0.2) is 76.0 Å². The van der Waals surface area contributed by atoms with Gasteiger partial charge in [-0.15, -0.1) is 0 Å². The Morgan fingerprint density at radius 1 is 0.725 bits per heavy atom. The SMILES string of the molecule is CSCCC(NC(=O)C(Cc1ccccc1)NC(=O)C(N)CCC(=O)O)C(=O)NC(Cc1ccccc1)C(=O)O. The molecule has 2 rings (SSSR count). The molecule has 0 radical (unpaired) electrons. The molecule has 3 amide bonds. The van der Waals surface area contributed by atoms with Crippen molar-refractivity contribution in [2.45, 2.75) is 56.3 Å². The molecule has 2 aromatic rings. The van der Waals surface area contributed by atoms with Crippen molar-refractivity contribution in [1.82, 2.24) is 16.0 Å². The Morgan fingerprint density at radius 3 is 1.70 bits per heavy atom. The molecular weight excluding hydrogens is 536 g/mol. The van der Waals surface area contributed by atoms with Crippen LogP contribution in [-0.2, 0) is 36.8 Å². The van der Waals surface area contributed by atoms with Crippen LogP contribution in [0.4, 0.5) is 0 Å². The second-order valence-corrected chi connectivity index (χ2v) is 10.2. The summed E-state index contributed by atoms with van der Waals surface area (Å²) in [5.41, 5.74) is 7.30. The van der Waals surface area contributed by atoms with E-state index < -0.39 is 53.8 Å². The maximum absolute atomic E-state index is 13.4. The molecular formula is C28H36N4O7S. The highest BCUT2D eigenvalue weighted by atomic mass is 32.2. The highest BCUT2D eigenvalue weighted by molar-refractivity contribution is 7.98. The molecule has 0 bridgehead atoms. The van der Waals surface area contributed by atoms with Gasteiger partial charge in [0.15, 0.2) is 0 Å². The Balaban J connectivity index is 2.19. The van der Waals surface area contributed by atoms with E-state index in [1.165, 1.54) is 11.8 Å². The Bertz CT molecular complexity index is 1130. The number of thioether (sulfide) groups is 1. The van der Waals surface area contributed by atoms with Gasteiger partial charge in [-0.25, -0.2) is 4.79 Å². The number of benzene rings is 2. The summed E-state index contributed by atoms with van der Waals surface area (Å²) in [5.74, 6) is -3.82. The molecule has 0 aliphatic carbocycles. The number of carbonyl (C=O) groups excluding carboxylic acids is 3. The topological polar surface area (TPSA) is 188 Å². The van der Waals surface area contributed by atoms with Crippen LogP contribution >= 0.6 is 11.8 Å². The summed E-state index contributed by atoms with van der Waals surface area (Å²) in [6.45, 7) is 0. The Labute approximate surface area is 237 Å². The lowest BCUT2D eigenvalue weighted by atomic mass is 10.0. The number of carboxylic acids is 2. The number of carboxylic acid groups (broad SMARTS) is 2. The summed E-state index contributed by atoms with van der Waals surface area (Å²) in [4.78, 5) is 62.0. The zero-order valence-corrected chi connectivity index (χ0v) is 23.1. The van der Waals surface area contributed by atoms with Crippen molar-refractivity contribution in [3.05, 3.63) is 71.8 Å². The van der Waals surface area contributed by atoms with Gasteiger partial charge in [0.1, 0.15) is 18.1 Å². The lowest BCUT2D eigenvalue weighted by Crippen LogP contribution is -2.58. The van der Waals surface area contributed by atoms with E-state index in [1.807, 2.05) is 6.26 Å². The molecule has 4 unspecified atom stereocenters. The second kappa shape index (κ2) is 16.9. The van der Waals surface area contributed by atoms with Gasteiger partial charge in [0.05, 0.1) is 6.04 Å². The highest BCUT2D eigenvalue weighted by Crippen LogP contribution is 2.09. The first-order chi connectivity index (χ1) is 19.1. The van der Waals surface area contributed by atoms with Crippen LogP contribution in [0, 0.1) is 0 Å². The zero-order valence-electron chi connectivity index (χ0n) is 22.2. The predicted octanol–water partition coefficient (Wildman–Crippen LogP) is 0.956. The first-order valence-corrected chi connectivity index (χ1v) is 14.2. The van der Waals surface area contributed by atoms with Gasteiger partial charge in [0.25, 0.3) is 0 Å². The van der Waals surface area contributed by atoms with E-state index in [4.69, 9.17) is 10.8 Å². The van der Waals surface area contributed by atoms with Gasteiger partial charge in [-0.1, -0.05) is 60.7 Å². The van der Waals surface area contributed by atoms with Crippen LogP contribution in [0.1, 0.15) is 30.4 Å². The molecule has 0 aromatic heterocycles. The second-order valence-electron chi connectivity index (χ2n) is 9.22. The number of hydrogen-bond donors (Lipinski definition) is 6. The highest BCUT2D eigenvalue weighted by Gasteiger charge is 2.30. The third kappa shape index (κ3) is 11.5. The summed E-state index contributed by atoms with van der Waals surface area (Å²) in [6, 6.07) is 13.2. The molecule has 7 N–H and O–H groups in total. The molecule has 2 aromatic carbocycles. The standard InChI is InChI=1S/C28H36N4O7S/c1-40-15-14-21(26(36)32-23(28(38)39)17-19-10-6-3-7-11-19)30-27(37)22(16-18-8-4-2-5-9-18)31-25(35)20(29)12-13-24(33)34/h2-11,20-23H,12-17,29H2,1H3,(H,30,37)(H,31,35)(H,32,36)(H,33,34)(H,38,39). The monoisotopic (exact) mass is 572 g/mol. The number of carbonyl (C=O) groups is 5. The third-order valence-corrected chi connectivity index (χ3v) is 6.71. The summed E-state index contributed by atoms with van der Waals surface area (Å²) >= 11 is 1.45. The third-order valence-electron chi connectivity index (χ3n) is 6.06. The Morgan fingerprint density at radius 2 is 1.20 bits per heavy atom. The summed E-state index contributed by atoms with van der Waals surface area (Å²) < 4.78 is 0. The van der Waals surface area contributed by atoms with Crippen LogP contribution in [0.3, 0.4) is 0 Å². The molecule has 0 aliphatic rings. The smallest absolute Gasteiger partial charge is 0.326 e. The minimum absolute atomic E-state index is 0.0615. The summed E-state index contributed by atoms with van der Waals surface area (Å²) in [6.07, 6.45) is 1.79. The van der Waals surface area contributed by atoms with E-state index in [2.05, 4.69) is 16.0 Å². The van der Waals surface area contributed by atoms with E-state index in [-0.39, 0.29) is 32.1 Å². The van der Waals surface area contributed by atoms with Crippen molar-refractivity contribution < 1.29 is 34.2 Å². The van der Waals surface area contributed by atoms with Crippen molar-refractivity contribution in [2.24, 2.45) is 5.73 Å². The van der Waals surface area contributed by atoms with Gasteiger partial charge < -0.3 is 31.9 Å². The number of nitrogens with two attached hydrogens (primary N) is 1. The summed E-state index contributed by atoms with van der Waals surface area (Å²) in [7, 11) is 0. The lowest BCUT2D eigenvalue weighted by Gasteiger charge is -2.25. The van der Waals surface area contributed by atoms with Crippen LogP contribution in [0.15, 0.2) is 60.7 Å². The van der Waals surface area contributed by atoms with E-state index in [9.17, 15) is 29.1 Å². The molecule has 0 spiro atoms. The minimum Gasteiger partial charge on any atom is -0.481 e. The maximum atomic E-state index is 13.4. The van der Waals surface area contributed by atoms with E-state index in [0.29, 0.717) is 5.75 Å². The summed E-state index contributed by atoms with van der Waals surface area (Å²) in [5, 5.41) is 26.4. The molecule has 0 fully saturated rings. The molecule has 0 aliphatic heterocycles. The van der Waals surface area contributed by atoms with Gasteiger partial charge in [-0.2, -0.15) is 11.8 Å². The Hall–Kier alpha value is -3.90. The number of aliphatic carboxylic acids is 2. The van der Waals surface area contributed by atoms with Crippen LogP contribution in [0.25, 0.3) is 0 Å². The molecule has 11 nitrogen and oxygen atoms in total. The number of amides is 3. The van der Waals surface area contributed by atoms with E-state index >= 15 is 0 Å². The molecule has 12 heteroatoms. The first-order valence-electron chi connectivity index (χ1n) is 12.8. The molecule has 216 valence electrons. The van der Waals surface area contributed by atoms with Crippen molar-refractivity contribution in [2.75, 3.05) is 12.0 Å². The van der Waals surface area contributed by atoms with Gasteiger partial charge in [-0.3, -0.25) is 19.2 Å². The average molecular weight is 573 g/mol. The number of rotatable bonds is 17. The van der Waals surface area contributed by atoms with Crippen LogP contribution in [0.5, 0.6) is 0 Å². The predicted molar refractivity (Wildman–Crippen MR) is 152 cm³/mol. The fourth-order valence-corrected chi connectivity index (χ4v) is 4.32. The van der Waals surface area contributed by atoms with Gasteiger partial charge in [-0.05, 0) is 36.0 Å². The average Bonchev–Trinajstić information content (AvgIpc) is 2.93. The van der Waals surface area contributed by atoms with E-state index in [1.54, 1.807) is 60.7 Å². The van der Waals surface area contributed by atoms with Crippen molar-refractivity contribution in [3.63, 3.8) is 0 Å². The fraction of sp³-hybridized carbons (Fsp3) is 0.393. The molecule has 4 atom stereocenters. The quantitative estimate of drug-likeness (QED) is 0.160. The van der Waals surface area contributed by atoms with E-state index in [0.717, 1.165) is 11.1 Å². The molecule has 0 saturated heterocycles. The minimum atomic E-state index is -1.21.